The normalized spacial score (nSPS) is 11.9. The van der Waals surface area contributed by atoms with Gasteiger partial charge in [-0.3, -0.25) is 4.79 Å². The Bertz CT molecular complexity index is 347. The van der Waals surface area contributed by atoms with E-state index in [1.807, 2.05) is 32.0 Å². The predicted octanol–water partition coefficient (Wildman–Crippen LogP) is 2.69. The molecule has 1 aromatic rings. The third-order valence-electron chi connectivity index (χ3n) is 2.58. The van der Waals surface area contributed by atoms with Gasteiger partial charge < -0.3 is 9.47 Å². The van der Waals surface area contributed by atoms with Crippen LogP contribution in [-0.4, -0.2) is 19.5 Å². The van der Waals surface area contributed by atoms with E-state index in [1.54, 1.807) is 13.2 Å². The van der Waals surface area contributed by atoms with Crippen molar-refractivity contribution in [3.8, 4) is 11.5 Å². The van der Waals surface area contributed by atoms with Gasteiger partial charge in [0.25, 0.3) is 0 Å². The number of carbonyl (C=O) groups excluding carboxylic acids is 1. The molecule has 0 radical (unpaired) electrons. The van der Waals surface area contributed by atoms with Crippen LogP contribution < -0.4 is 9.47 Å². The molecule has 16 heavy (non-hydrogen) atoms. The highest BCUT2D eigenvalue weighted by molar-refractivity contribution is 5.82. The minimum absolute atomic E-state index is 0.0607. The second-order valence-corrected chi connectivity index (χ2v) is 3.74. The van der Waals surface area contributed by atoms with E-state index in [4.69, 9.17) is 9.47 Å². The lowest BCUT2D eigenvalue weighted by molar-refractivity contribution is -0.124. The number of rotatable bonds is 6. The van der Waals surface area contributed by atoms with E-state index in [-0.39, 0.29) is 18.3 Å². The fourth-order valence-electron chi connectivity index (χ4n) is 1.22. The van der Waals surface area contributed by atoms with Gasteiger partial charge >= 0.3 is 0 Å². The van der Waals surface area contributed by atoms with Gasteiger partial charge in [-0.25, -0.2) is 0 Å². The van der Waals surface area contributed by atoms with Crippen molar-refractivity contribution in [3.63, 3.8) is 0 Å². The first kappa shape index (κ1) is 12.6. The molecule has 3 heteroatoms. The van der Waals surface area contributed by atoms with Crippen molar-refractivity contribution in [1.29, 1.82) is 0 Å². The fourth-order valence-corrected chi connectivity index (χ4v) is 1.22. The maximum atomic E-state index is 11.5. The Morgan fingerprint density at radius 2 is 2.06 bits per heavy atom. The average Bonchev–Trinajstić information content (AvgIpc) is 2.35. The van der Waals surface area contributed by atoms with Crippen LogP contribution in [0.2, 0.25) is 0 Å². The third kappa shape index (κ3) is 3.57. The van der Waals surface area contributed by atoms with Gasteiger partial charge in [0.1, 0.15) is 18.1 Å². The molecule has 88 valence electrons. The molecule has 1 atom stereocenters. The second-order valence-electron chi connectivity index (χ2n) is 3.74. The monoisotopic (exact) mass is 222 g/mol. The van der Waals surface area contributed by atoms with E-state index in [0.717, 1.165) is 12.2 Å². The van der Waals surface area contributed by atoms with Gasteiger partial charge in [-0.1, -0.05) is 19.9 Å². The van der Waals surface area contributed by atoms with E-state index in [2.05, 4.69) is 0 Å². The molecule has 0 fully saturated rings. The standard InChI is InChI=1S/C13H18O3/c1-4-10(2)13(14)9-16-12-7-5-6-11(8-12)15-3/h5-8,10H,4,9H2,1-3H3. The lowest BCUT2D eigenvalue weighted by atomic mass is 10.1. The maximum Gasteiger partial charge on any atom is 0.172 e. The summed E-state index contributed by atoms with van der Waals surface area (Å²) in [5.74, 6) is 1.58. The van der Waals surface area contributed by atoms with Crippen molar-refractivity contribution in [2.24, 2.45) is 5.92 Å². The van der Waals surface area contributed by atoms with Gasteiger partial charge in [0, 0.05) is 12.0 Å². The van der Waals surface area contributed by atoms with E-state index < -0.39 is 0 Å². The third-order valence-corrected chi connectivity index (χ3v) is 2.58. The summed E-state index contributed by atoms with van der Waals surface area (Å²) in [7, 11) is 1.60. The van der Waals surface area contributed by atoms with Crippen LogP contribution in [0.4, 0.5) is 0 Å². The summed E-state index contributed by atoms with van der Waals surface area (Å²) in [5.41, 5.74) is 0. The van der Waals surface area contributed by atoms with Crippen molar-refractivity contribution in [2.75, 3.05) is 13.7 Å². The van der Waals surface area contributed by atoms with Crippen molar-refractivity contribution in [1.82, 2.24) is 0 Å². The van der Waals surface area contributed by atoms with Crippen LogP contribution in [0.25, 0.3) is 0 Å². The van der Waals surface area contributed by atoms with Crippen LogP contribution >= 0.6 is 0 Å². The van der Waals surface area contributed by atoms with E-state index in [1.165, 1.54) is 0 Å². The Morgan fingerprint density at radius 1 is 1.38 bits per heavy atom. The average molecular weight is 222 g/mol. The summed E-state index contributed by atoms with van der Waals surface area (Å²) in [6.07, 6.45) is 0.848. The van der Waals surface area contributed by atoms with Gasteiger partial charge in [-0.15, -0.1) is 0 Å². The molecule has 3 nitrogen and oxygen atoms in total. The number of hydrogen-bond donors (Lipinski definition) is 0. The van der Waals surface area contributed by atoms with Gasteiger partial charge in [0.15, 0.2) is 5.78 Å². The van der Waals surface area contributed by atoms with Crippen molar-refractivity contribution in [3.05, 3.63) is 24.3 Å². The first-order valence-electron chi connectivity index (χ1n) is 5.47. The topological polar surface area (TPSA) is 35.5 Å². The Morgan fingerprint density at radius 3 is 2.69 bits per heavy atom. The molecule has 0 saturated carbocycles. The predicted molar refractivity (Wildman–Crippen MR) is 63.0 cm³/mol. The molecule has 0 bridgehead atoms. The highest BCUT2D eigenvalue weighted by Crippen LogP contribution is 2.19. The lowest BCUT2D eigenvalue weighted by Gasteiger charge is -2.09. The molecular formula is C13H18O3. The Balaban J connectivity index is 2.51. The molecule has 1 unspecified atom stereocenters. The Hall–Kier alpha value is -1.51. The number of Topliss-reactive ketones (excluding diaryl/α,β-unsaturated/α-hetero) is 1. The molecule has 0 aromatic heterocycles. The molecule has 1 aromatic carbocycles. The molecule has 1 rings (SSSR count). The molecule has 0 spiro atoms. The zero-order valence-electron chi connectivity index (χ0n) is 10.0. The van der Waals surface area contributed by atoms with Crippen LogP contribution in [-0.2, 0) is 4.79 Å². The summed E-state index contributed by atoms with van der Waals surface area (Å²) in [5, 5.41) is 0. The minimum atomic E-state index is 0.0607. The molecule has 0 aliphatic rings. The molecular weight excluding hydrogens is 204 g/mol. The van der Waals surface area contributed by atoms with Gasteiger partial charge in [0.05, 0.1) is 7.11 Å². The number of benzene rings is 1. The lowest BCUT2D eigenvalue weighted by Crippen LogP contribution is -2.18. The first-order valence-corrected chi connectivity index (χ1v) is 5.47. The molecule has 0 heterocycles. The number of ketones is 1. The molecule has 0 aliphatic carbocycles. The zero-order chi connectivity index (χ0) is 12.0. The smallest absolute Gasteiger partial charge is 0.172 e. The summed E-state index contributed by atoms with van der Waals surface area (Å²) < 4.78 is 10.5. The largest absolute Gasteiger partial charge is 0.497 e. The van der Waals surface area contributed by atoms with Crippen LogP contribution in [0.5, 0.6) is 11.5 Å². The maximum absolute atomic E-state index is 11.5. The Kier molecular flexibility index (Phi) is 4.83. The fraction of sp³-hybridized carbons (Fsp3) is 0.462. The number of methoxy groups -OCH3 is 1. The summed E-state index contributed by atoms with van der Waals surface area (Å²) in [6.45, 7) is 4.04. The molecule has 0 N–H and O–H groups in total. The first-order chi connectivity index (χ1) is 7.67. The zero-order valence-corrected chi connectivity index (χ0v) is 10.0. The molecule has 0 amide bonds. The van der Waals surface area contributed by atoms with Crippen LogP contribution in [0.15, 0.2) is 24.3 Å². The summed E-state index contributed by atoms with van der Waals surface area (Å²) in [4.78, 5) is 11.5. The highest BCUT2D eigenvalue weighted by Gasteiger charge is 2.11. The van der Waals surface area contributed by atoms with Crippen LogP contribution in [0, 0.1) is 5.92 Å². The quantitative estimate of drug-likeness (QED) is 0.742. The van der Waals surface area contributed by atoms with Crippen LogP contribution in [0.3, 0.4) is 0 Å². The van der Waals surface area contributed by atoms with E-state index in [0.29, 0.717) is 5.75 Å². The van der Waals surface area contributed by atoms with Gasteiger partial charge in [0.2, 0.25) is 0 Å². The molecule has 0 saturated heterocycles. The number of carbonyl (C=O) groups is 1. The highest BCUT2D eigenvalue weighted by atomic mass is 16.5. The number of ether oxygens (including phenoxy) is 2. The summed E-state index contributed by atoms with van der Waals surface area (Å²) >= 11 is 0. The molecule has 0 aliphatic heterocycles. The van der Waals surface area contributed by atoms with Crippen molar-refractivity contribution < 1.29 is 14.3 Å². The SMILES string of the molecule is CCC(C)C(=O)COc1cccc(OC)c1. The minimum Gasteiger partial charge on any atom is -0.497 e. The van der Waals surface area contributed by atoms with Crippen molar-refractivity contribution >= 4 is 5.78 Å². The van der Waals surface area contributed by atoms with E-state index >= 15 is 0 Å². The number of hydrogen-bond acceptors (Lipinski definition) is 3. The van der Waals surface area contributed by atoms with Crippen LogP contribution in [0.1, 0.15) is 20.3 Å². The van der Waals surface area contributed by atoms with Crippen molar-refractivity contribution in [2.45, 2.75) is 20.3 Å². The Labute approximate surface area is 96.4 Å². The van der Waals surface area contributed by atoms with E-state index in [9.17, 15) is 4.79 Å². The van der Waals surface area contributed by atoms with Gasteiger partial charge in [-0.05, 0) is 18.6 Å². The van der Waals surface area contributed by atoms with Gasteiger partial charge in [-0.2, -0.15) is 0 Å². The second kappa shape index (κ2) is 6.16. The summed E-state index contributed by atoms with van der Waals surface area (Å²) in [6, 6.07) is 7.25.